The molecule has 2 aliphatic carbocycles. The second kappa shape index (κ2) is 11.2. The lowest BCUT2D eigenvalue weighted by atomic mass is 9.76. The number of hydrogen-bond donors (Lipinski definition) is 1. The van der Waals surface area contributed by atoms with E-state index in [9.17, 15) is 28.0 Å². The molecule has 0 spiro atoms. The maximum Gasteiger partial charge on any atom is 0.266 e. The second-order valence-corrected chi connectivity index (χ2v) is 13.8. The number of ether oxygens (including phenoxy) is 1. The van der Waals surface area contributed by atoms with Crippen LogP contribution < -0.4 is 10.1 Å². The number of piperidine rings is 2. The Labute approximate surface area is 258 Å². The SMILES string of the molecule is O=C1CCC(N2Cc3cc(O[C@@H]4CCCC(F)(F)[C@@H]4N4CC(C5CCN(C(=O)C6CC(F)(F)C6)CC5)C4)ccc3C2=O)C(=O)N1. The molecule has 4 heterocycles. The van der Waals surface area contributed by atoms with Crippen molar-refractivity contribution in [1.82, 2.24) is 20.0 Å². The standard InChI is InChI=1S/C32H38F4N4O5/c33-31(34)13-20(14-31)29(43)38-10-7-18(8-11-38)21-15-39(16-21)27-25(2-1-9-32(27,35)36)45-22-3-4-23-19(12-22)17-40(30(23)44)24-5-6-26(41)37-28(24)42/h3-4,12,18,20-21,24-25,27H,1-2,5-11,13-17H2,(H,37,41,42)/t24?,25-,27-/m1/s1. The van der Waals surface area contributed by atoms with Crippen molar-refractivity contribution >= 4 is 23.6 Å². The maximum atomic E-state index is 15.4. The summed E-state index contributed by atoms with van der Waals surface area (Å²) in [5.74, 6) is -6.65. The number of likely N-dealkylation sites (tertiary alicyclic amines) is 2. The summed E-state index contributed by atoms with van der Waals surface area (Å²) in [5.41, 5.74) is 1.09. The largest absolute Gasteiger partial charge is 0.489 e. The Hall–Kier alpha value is -3.22. The molecule has 45 heavy (non-hydrogen) atoms. The van der Waals surface area contributed by atoms with Crippen LogP contribution in [0, 0.1) is 17.8 Å². The van der Waals surface area contributed by atoms with Gasteiger partial charge in [-0.3, -0.25) is 29.4 Å². The number of benzene rings is 1. The predicted molar refractivity (Wildman–Crippen MR) is 152 cm³/mol. The Morgan fingerprint density at radius 2 is 1.69 bits per heavy atom. The quantitative estimate of drug-likeness (QED) is 0.380. The van der Waals surface area contributed by atoms with Gasteiger partial charge in [-0.2, -0.15) is 0 Å². The van der Waals surface area contributed by atoms with Crippen LogP contribution in [0.25, 0.3) is 0 Å². The van der Waals surface area contributed by atoms with Crippen LogP contribution in [-0.4, -0.2) is 94.5 Å². The van der Waals surface area contributed by atoms with Gasteiger partial charge in [-0.25, -0.2) is 17.6 Å². The molecule has 7 rings (SSSR count). The van der Waals surface area contributed by atoms with Crippen molar-refractivity contribution in [2.75, 3.05) is 26.2 Å². The molecule has 13 heteroatoms. The first-order chi connectivity index (χ1) is 21.4. The zero-order valence-electron chi connectivity index (χ0n) is 25.0. The summed E-state index contributed by atoms with van der Waals surface area (Å²) in [6.07, 6.45) is 1.02. The van der Waals surface area contributed by atoms with Crippen LogP contribution in [0.1, 0.15) is 73.7 Å². The molecular formula is C32H38F4N4O5. The molecule has 244 valence electrons. The summed E-state index contributed by atoms with van der Waals surface area (Å²) in [6.45, 7) is 2.26. The molecule has 0 bridgehead atoms. The maximum absolute atomic E-state index is 15.4. The summed E-state index contributed by atoms with van der Waals surface area (Å²) in [4.78, 5) is 54.5. The molecule has 0 radical (unpaired) electrons. The summed E-state index contributed by atoms with van der Waals surface area (Å²) in [7, 11) is 0. The molecule has 3 atom stereocenters. The molecule has 9 nitrogen and oxygen atoms in total. The van der Waals surface area contributed by atoms with Crippen molar-refractivity contribution in [2.24, 2.45) is 17.8 Å². The highest BCUT2D eigenvalue weighted by Crippen LogP contribution is 2.45. The fraction of sp³-hybridized carbons (Fsp3) is 0.688. The van der Waals surface area contributed by atoms with Gasteiger partial charge in [0.25, 0.3) is 11.8 Å². The number of amides is 4. The zero-order valence-corrected chi connectivity index (χ0v) is 25.0. The molecule has 1 aromatic rings. The van der Waals surface area contributed by atoms with Crippen molar-refractivity contribution in [3.63, 3.8) is 0 Å². The van der Waals surface area contributed by atoms with Crippen molar-refractivity contribution < 1.29 is 41.5 Å². The van der Waals surface area contributed by atoms with E-state index in [0.717, 1.165) is 12.8 Å². The first-order valence-electron chi connectivity index (χ1n) is 16.1. The monoisotopic (exact) mass is 634 g/mol. The molecule has 0 aromatic heterocycles. The minimum atomic E-state index is -2.93. The Bertz CT molecular complexity index is 1390. The Morgan fingerprint density at radius 1 is 0.956 bits per heavy atom. The number of carbonyl (C=O) groups excluding carboxylic acids is 4. The summed E-state index contributed by atoms with van der Waals surface area (Å²) >= 11 is 0. The third-order valence-corrected chi connectivity index (χ3v) is 10.9. The van der Waals surface area contributed by atoms with Crippen LogP contribution in [0.4, 0.5) is 17.6 Å². The van der Waals surface area contributed by atoms with E-state index in [-0.39, 0.29) is 62.3 Å². The highest BCUT2D eigenvalue weighted by atomic mass is 19.3. The zero-order chi connectivity index (χ0) is 31.7. The fourth-order valence-corrected chi connectivity index (χ4v) is 8.30. The van der Waals surface area contributed by atoms with E-state index in [1.807, 2.05) is 4.90 Å². The topological polar surface area (TPSA) is 99.3 Å². The highest BCUT2D eigenvalue weighted by molar-refractivity contribution is 6.05. The molecule has 1 N–H and O–H groups in total. The van der Waals surface area contributed by atoms with Crippen LogP contribution in [0.3, 0.4) is 0 Å². The Kier molecular flexibility index (Phi) is 7.60. The number of hydrogen-bond acceptors (Lipinski definition) is 6. The van der Waals surface area contributed by atoms with Gasteiger partial charge >= 0.3 is 0 Å². The third kappa shape index (κ3) is 5.69. The first-order valence-corrected chi connectivity index (χ1v) is 16.1. The van der Waals surface area contributed by atoms with E-state index in [0.29, 0.717) is 61.8 Å². The van der Waals surface area contributed by atoms with E-state index >= 15 is 8.78 Å². The summed E-state index contributed by atoms with van der Waals surface area (Å²) in [5, 5.41) is 2.28. The van der Waals surface area contributed by atoms with E-state index in [1.54, 1.807) is 23.1 Å². The van der Waals surface area contributed by atoms with Crippen LogP contribution >= 0.6 is 0 Å². The highest BCUT2D eigenvalue weighted by Gasteiger charge is 2.55. The minimum Gasteiger partial charge on any atom is -0.489 e. The second-order valence-electron chi connectivity index (χ2n) is 13.8. The van der Waals surface area contributed by atoms with E-state index in [1.165, 1.54) is 4.90 Å². The number of alkyl halides is 4. The molecule has 4 amide bonds. The molecule has 6 aliphatic rings. The molecule has 1 aromatic carbocycles. The molecule has 1 unspecified atom stereocenters. The Balaban J connectivity index is 0.958. The number of nitrogens with zero attached hydrogens (tertiary/aromatic N) is 3. The van der Waals surface area contributed by atoms with Gasteiger partial charge in [-0.1, -0.05) is 0 Å². The lowest BCUT2D eigenvalue weighted by Gasteiger charge is -2.53. The number of imide groups is 1. The van der Waals surface area contributed by atoms with E-state index < -0.39 is 41.9 Å². The fourth-order valence-electron chi connectivity index (χ4n) is 8.30. The van der Waals surface area contributed by atoms with Gasteiger partial charge in [0.2, 0.25) is 23.6 Å². The predicted octanol–water partition coefficient (Wildman–Crippen LogP) is 3.60. The van der Waals surface area contributed by atoms with Gasteiger partial charge in [-0.15, -0.1) is 0 Å². The van der Waals surface area contributed by atoms with Crippen LogP contribution in [0.2, 0.25) is 0 Å². The van der Waals surface area contributed by atoms with Gasteiger partial charge in [0.1, 0.15) is 23.9 Å². The van der Waals surface area contributed by atoms with Crippen molar-refractivity contribution in [1.29, 1.82) is 0 Å². The number of halogens is 4. The summed E-state index contributed by atoms with van der Waals surface area (Å²) in [6, 6.07) is 3.10. The van der Waals surface area contributed by atoms with E-state index in [2.05, 4.69) is 5.32 Å². The van der Waals surface area contributed by atoms with Gasteiger partial charge in [0.05, 0.1) is 0 Å². The molecule has 4 aliphatic heterocycles. The van der Waals surface area contributed by atoms with Gasteiger partial charge in [0, 0.05) is 69.9 Å². The van der Waals surface area contributed by atoms with E-state index in [4.69, 9.17) is 4.74 Å². The molecule has 5 fully saturated rings. The summed E-state index contributed by atoms with van der Waals surface area (Å²) < 4.78 is 63.6. The van der Waals surface area contributed by atoms with Gasteiger partial charge in [-0.05, 0) is 67.7 Å². The van der Waals surface area contributed by atoms with Gasteiger partial charge < -0.3 is 14.5 Å². The third-order valence-electron chi connectivity index (χ3n) is 10.9. The number of rotatable bonds is 6. The lowest BCUT2D eigenvalue weighted by Crippen LogP contribution is -2.66. The average Bonchev–Trinajstić information content (AvgIpc) is 3.27. The van der Waals surface area contributed by atoms with Crippen LogP contribution in [0.5, 0.6) is 5.75 Å². The lowest BCUT2D eigenvalue weighted by molar-refractivity contribution is -0.174. The van der Waals surface area contributed by atoms with Crippen molar-refractivity contribution in [3.05, 3.63) is 29.3 Å². The number of nitrogens with one attached hydrogen (secondary N) is 1. The van der Waals surface area contributed by atoms with Crippen molar-refractivity contribution in [2.45, 2.75) is 94.4 Å². The Morgan fingerprint density at radius 3 is 2.38 bits per heavy atom. The number of carbonyl (C=O) groups is 4. The minimum absolute atomic E-state index is 0.155. The normalized spacial score (nSPS) is 30.8. The number of fused-ring (bicyclic) bond motifs is 1. The molecule has 3 saturated heterocycles. The molecule has 2 saturated carbocycles. The first kappa shape index (κ1) is 30.4. The molecular weight excluding hydrogens is 596 g/mol. The smallest absolute Gasteiger partial charge is 0.266 e. The van der Waals surface area contributed by atoms with Crippen LogP contribution in [0.15, 0.2) is 18.2 Å². The van der Waals surface area contributed by atoms with Crippen LogP contribution in [-0.2, 0) is 20.9 Å². The van der Waals surface area contributed by atoms with Crippen molar-refractivity contribution in [3.8, 4) is 5.75 Å². The average molecular weight is 635 g/mol. The van der Waals surface area contributed by atoms with Gasteiger partial charge in [0.15, 0.2) is 0 Å².